The average Bonchev–Trinajstić information content (AvgIpc) is 2.53. The largest absolute Gasteiger partial charge is 0.508 e. The van der Waals surface area contributed by atoms with Gasteiger partial charge < -0.3 is 10.4 Å². The van der Waals surface area contributed by atoms with E-state index in [1.165, 1.54) is 12.1 Å². The van der Waals surface area contributed by atoms with Gasteiger partial charge >= 0.3 is 0 Å². The van der Waals surface area contributed by atoms with E-state index in [0.29, 0.717) is 12.1 Å². The van der Waals surface area contributed by atoms with Gasteiger partial charge in [0.1, 0.15) is 17.6 Å². The number of aryl methyl sites for hydroxylation is 1. The number of hydrogen-bond acceptors (Lipinski definition) is 3. The van der Waals surface area contributed by atoms with Crippen LogP contribution in [0.3, 0.4) is 0 Å². The van der Waals surface area contributed by atoms with Crippen molar-refractivity contribution in [1.82, 2.24) is 10.2 Å². The van der Waals surface area contributed by atoms with Crippen LogP contribution >= 0.6 is 0 Å². The number of carbonyl (C=O) groups excluding carboxylic acids is 1. The molecule has 0 bridgehead atoms. The van der Waals surface area contributed by atoms with Gasteiger partial charge in [-0.15, -0.1) is 0 Å². The summed E-state index contributed by atoms with van der Waals surface area (Å²) in [4.78, 5) is 14.2. The van der Waals surface area contributed by atoms with Crippen molar-refractivity contribution in [2.75, 3.05) is 20.6 Å². The summed E-state index contributed by atoms with van der Waals surface area (Å²) < 4.78 is 13.4. The molecule has 1 atom stereocenters. The lowest BCUT2D eigenvalue weighted by Gasteiger charge is -2.24. The molecule has 2 aromatic rings. The third-order valence-corrected chi connectivity index (χ3v) is 3.81. The molecule has 0 aliphatic carbocycles. The van der Waals surface area contributed by atoms with Crippen molar-refractivity contribution in [1.29, 1.82) is 0 Å². The molecule has 128 valence electrons. The molecular weight excluding hydrogens is 307 g/mol. The molecule has 0 saturated heterocycles. The van der Waals surface area contributed by atoms with Gasteiger partial charge in [0.25, 0.3) is 0 Å². The van der Waals surface area contributed by atoms with Crippen LogP contribution in [-0.2, 0) is 11.2 Å². The Balaban J connectivity index is 1.88. The van der Waals surface area contributed by atoms with Crippen molar-refractivity contribution in [3.63, 3.8) is 0 Å². The number of carbonyl (C=O) groups is 1. The van der Waals surface area contributed by atoms with E-state index in [2.05, 4.69) is 5.32 Å². The number of phenols is 1. The van der Waals surface area contributed by atoms with Crippen molar-refractivity contribution in [3.8, 4) is 5.75 Å². The minimum absolute atomic E-state index is 0.142. The number of phenolic OH excluding ortho intramolecular Hbond substituents is 1. The van der Waals surface area contributed by atoms with Crippen molar-refractivity contribution < 1.29 is 14.3 Å². The van der Waals surface area contributed by atoms with E-state index in [4.69, 9.17) is 0 Å². The van der Waals surface area contributed by atoms with E-state index in [-0.39, 0.29) is 17.5 Å². The van der Waals surface area contributed by atoms with Crippen LogP contribution in [0, 0.1) is 5.82 Å². The summed E-state index contributed by atoms with van der Waals surface area (Å²) in [6, 6.07) is 12.6. The van der Waals surface area contributed by atoms with Gasteiger partial charge in [0.05, 0.1) is 0 Å². The smallest absolute Gasteiger partial charge is 0.241 e. The maximum Gasteiger partial charge on any atom is 0.241 e. The van der Waals surface area contributed by atoms with Gasteiger partial charge in [-0.2, -0.15) is 0 Å². The van der Waals surface area contributed by atoms with E-state index < -0.39 is 6.04 Å². The topological polar surface area (TPSA) is 52.6 Å². The Hall–Kier alpha value is -2.40. The maximum atomic E-state index is 13.4. The molecule has 0 spiro atoms. The lowest BCUT2D eigenvalue weighted by Crippen LogP contribution is -2.37. The molecule has 1 amide bonds. The Morgan fingerprint density at radius 2 is 1.92 bits per heavy atom. The van der Waals surface area contributed by atoms with Gasteiger partial charge in [-0.25, -0.2) is 4.39 Å². The lowest BCUT2D eigenvalue weighted by molar-refractivity contribution is -0.125. The highest BCUT2D eigenvalue weighted by molar-refractivity contribution is 5.83. The summed E-state index contributed by atoms with van der Waals surface area (Å²) in [5.41, 5.74) is 1.74. The molecule has 2 N–H and O–H groups in total. The number of amides is 1. The summed E-state index contributed by atoms with van der Waals surface area (Å²) in [5.74, 6) is -0.244. The normalized spacial score (nSPS) is 12.2. The van der Waals surface area contributed by atoms with Crippen LogP contribution in [0.15, 0.2) is 48.5 Å². The van der Waals surface area contributed by atoms with E-state index in [1.54, 1.807) is 43.3 Å². The summed E-state index contributed by atoms with van der Waals surface area (Å²) >= 11 is 0. The zero-order valence-corrected chi connectivity index (χ0v) is 14.0. The summed E-state index contributed by atoms with van der Waals surface area (Å²) in [7, 11) is 3.59. The number of halogens is 1. The zero-order chi connectivity index (χ0) is 17.5. The molecular formula is C19H23FN2O2. The van der Waals surface area contributed by atoms with Crippen LogP contribution in [-0.4, -0.2) is 36.6 Å². The van der Waals surface area contributed by atoms with Crippen LogP contribution < -0.4 is 5.32 Å². The molecule has 0 fully saturated rings. The van der Waals surface area contributed by atoms with Crippen LogP contribution in [0.4, 0.5) is 4.39 Å². The quantitative estimate of drug-likeness (QED) is 0.768. The van der Waals surface area contributed by atoms with Crippen LogP contribution in [0.25, 0.3) is 0 Å². The molecule has 0 aliphatic rings. The highest BCUT2D eigenvalue weighted by atomic mass is 19.1. The second kappa shape index (κ2) is 8.45. The Bertz CT molecular complexity index is 671. The number of hydrogen-bond donors (Lipinski definition) is 2. The molecule has 0 radical (unpaired) electrons. The molecule has 0 aromatic heterocycles. The first-order chi connectivity index (χ1) is 11.5. The van der Waals surface area contributed by atoms with Crippen molar-refractivity contribution in [3.05, 3.63) is 65.5 Å². The minimum Gasteiger partial charge on any atom is -0.508 e. The molecule has 0 aliphatic heterocycles. The van der Waals surface area contributed by atoms with Crippen molar-refractivity contribution in [2.24, 2.45) is 0 Å². The lowest BCUT2D eigenvalue weighted by atomic mass is 10.0. The summed E-state index contributed by atoms with van der Waals surface area (Å²) in [6.07, 6.45) is 1.60. The van der Waals surface area contributed by atoms with Gasteiger partial charge in [-0.05, 0) is 62.3 Å². The van der Waals surface area contributed by atoms with Gasteiger partial charge in [0.2, 0.25) is 5.91 Å². The molecule has 0 saturated carbocycles. The third-order valence-electron chi connectivity index (χ3n) is 3.81. The van der Waals surface area contributed by atoms with Gasteiger partial charge in [-0.3, -0.25) is 9.69 Å². The van der Waals surface area contributed by atoms with Gasteiger partial charge in [0, 0.05) is 6.54 Å². The molecule has 24 heavy (non-hydrogen) atoms. The second-order valence-corrected chi connectivity index (χ2v) is 5.98. The first kappa shape index (κ1) is 17.9. The van der Waals surface area contributed by atoms with Gasteiger partial charge in [0.15, 0.2) is 0 Å². The van der Waals surface area contributed by atoms with E-state index >= 15 is 0 Å². The third kappa shape index (κ3) is 5.06. The fourth-order valence-electron chi connectivity index (χ4n) is 2.62. The van der Waals surface area contributed by atoms with E-state index in [1.807, 2.05) is 12.1 Å². The van der Waals surface area contributed by atoms with Crippen molar-refractivity contribution >= 4 is 5.91 Å². The molecule has 2 rings (SSSR count). The van der Waals surface area contributed by atoms with E-state index in [0.717, 1.165) is 18.4 Å². The molecule has 2 aromatic carbocycles. The predicted molar refractivity (Wildman–Crippen MR) is 92.3 cm³/mol. The second-order valence-electron chi connectivity index (χ2n) is 5.98. The SMILES string of the molecule is CN(C)[C@@H](C(=O)NCCCc1ccc(O)cc1)c1cccc(F)c1. The van der Waals surface area contributed by atoms with Crippen molar-refractivity contribution in [2.45, 2.75) is 18.9 Å². The average molecular weight is 330 g/mol. The number of rotatable bonds is 7. The highest BCUT2D eigenvalue weighted by Crippen LogP contribution is 2.19. The Labute approximate surface area is 141 Å². The number of aromatic hydroxyl groups is 1. The summed E-state index contributed by atoms with van der Waals surface area (Å²) in [6.45, 7) is 0.541. The molecule has 4 nitrogen and oxygen atoms in total. The fraction of sp³-hybridized carbons (Fsp3) is 0.316. The van der Waals surface area contributed by atoms with Gasteiger partial charge in [-0.1, -0.05) is 24.3 Å². The van der Waals surface area contributed by atoms with Crippen LogP contribution in [0.2, 0.25) is 0 Å². The molecule has 0 unspecified atom stereocenters. The number of likely N-dealkylation sites (N-methyl/N-ethyl adjacent to an activating group) is 1. The molecule has 0 heterocycles. The Kier molecular flexibility index (Phi) is 6.32. The Morgan fingerprint density at radius 1 is 1.21 bits per heavy atom. The highest BCUT2D eigenvalue weighted by Gasteiger charge is 2.22. The van der Waals surface area contributed by atoms with Crippen LogP contribution in [0.1, 0.15) is 23.6 Å². The monoisotopic (exact) mass is 330 g/mol. The zero-order valence-electron chi connectivity index (χ0n) is 14.0. The maximum absolute atomic E-state index is 13.4. The first-order valence-electron chi connectivity index (χ1n) is 7.95. The number of benzene rings is 2. The molecule has 5 heteroatoms. The predicted octanol–water partition coefficient (Wildman–Crippen LogP) is 2.88. The number of nitrogens with one attached hydrogen (secondary N) is 1. The number of nitrogens with zero attached hydrogens (tertiary/aromatic N) is 1. The van der Waals surface area contributed by atoms with E-state index in [9.17, 15) is 14.3 Å². The van der Waals surface area contributed by atoms with Crippen LogP contribution in [0.5, 0.6) is 5.75 Å². The Morgan fingerprint density at radius 3 is 2.54 bits per heavy atom. The minimum atomic E-state index is -0.519. The summed E-state index contributed by atoms with van der Waals surface area (Å²) in [5, 5.41) is 12.2. The first-order valence-corrected chi connectivity index (χ1v) is 7.95. The standard InChI is InChI=1S/C19H23FN2O2/c1-22(2)18(15-6-3-7-16(20)13-15)19(24)21-12-4-5-14-8-10-17(23)11-9-14/h3,6-11,13,18,23H,4-5,12H2,1-2H3,(H,21,24)/t18-/m1/s1. The fourth-order valence-corrected chi connectivity index (χ4v) is 2.62.